The Bertz CT molecular complexity index is 1400. The largest absolute Gasteiger partial charge is 0.385 e. The number of rotatable bonds is 6. The molecule has 3 aromatic carbocycles. The number of hydrogen-bond acceptors (Lipinski definition) is 5. The molecule has 0 bridgehead atoms. The fourth-order valence-corrected chi connectivity index (χ4v) is 5.69. The molecule has 1 amide bonds. The van der Waals surface area contributed by atoms with Gasteiger partial charge in [-0.25, -0.2) is 12.8 Å². The molecule has 1 heterocycles. The Hall–Kier alpha value is -3.56. The second kappa shape index (κ2) is 10.2. The minimum atomic E-state index is -3.90. The number of aliphatic hydroxyl groups is 1. The number of nitrogens with zero attached hydrogens (tertiary/aromatic N) is 2. The Morgan fingerprint density at radius 3 is 2.36 bits per heavy atom. The van der Waals surface area contributed by atoms with Gasteiger partial charge in [0, 0.05) is 36.1 Å². The van der Waals surface area contributed by atoms with Crippen LogP contribution < -0.4 is 4.72 Å². The third kappa shape index (κ3) is 5.17. The first-order valence-electron chi connectivity index (χ1n) is 11.6. The molecule has 0 spiro atoms. The van der Waals surface area contributed by atoms with Crippen molar-refractivity contribution in [1.29, 1.82) is 0 Å². The van der Waals surface area contributed by atoms with Crippen LogP contribution in [0.1, 0.15) is 41.3 Å². The van der Waals surface area contributed by atoms with Gasteiger partial charge in [0.1, 0.15) is 10.7 Å². The number of sulfonamides is 1. The summed E-state index contributed by atoms with van der Waals surface area (Å²) in [6, 6.07) is 17.3. The van der Waals surface area contributed by atoms with E-state index in [4.69, 9.17) is 0 Å². The molecule has 0 aliphatic carbocycles. The van der Waals surface area contributed by atoms with Crippen LogP contribution in [0.4, 0.5) is 15.8 Å². The van der Waals surface area contributed by atoms with Crippen molar-refractivity contribution in [1.82, 2.24) is 4.90 Å². The second-order valence-corrected chi connectivity index (χ2v) is 10.4. The number of piperidine rings is 1. The van der Waals surface area contributed by atoms with Crippen molar-refractivity contribution in [3.05, 3.63) is 89.2 Å². The molecule has 36 heavy (non-hydrogen) atoms. The van der Waals surface area contributed by atoms with Gasteiger partial charge in [0.2, 0.25) is 0 Å². The van der Waals surface area contributed by atoms with Gasteiger partial charge in [0.15, 0.2) is 0 Å². The quantitative estimate of drug-likeness (QED) is 0.467. The van der Waals surface area contributed by atoms with Gasteiger partial charge < -0.3 is 10.0 Å². The van der Waals surface area contributed by atoms with Crippen LogP contribution >= 0.6 is 0 Å². The Labute approximate surface area is 210 Å². The molecular weight excluding hydrogens is 481 g/mol. The number of anilines is 1. The van der Waals surface area contributed by atoms with Crippen molar-refractivity contribution in [2.75, 3.05) is 17.8 Å². The SMILES string of the molecule is CC=Nc1c(C)cccc1S(=O)(=O)Nc1ccc(C(=O)N2CCC(O)(c3ccccc3F)CC2)cc1. The fraction of sp³-hybridized carbons (Fsp3) is 0.259. The minimum Gasteiger partial charge on any atom is -0.385 e. The number of amides is 1. The van der Waals surface area contributed by atoms with E-state index in [0.717, 1.165) is 5.56 Å². The summed E-state index contributed by atoms with van der Waals surface area (Å²) in [5.74, 6) is -0.699. The van der Waals surface area contributed by atoms with Crippen molar-refractivity contribution in [3.8, 4) is 0 Å². The van der Waals surface area contributed by atoms with Crippen LogP contribution in [-0.2, 0) is 15.6 Å². The van der Waals surface area contributed by atoms with Gasteiger partial charge in [-0.2, -0.15) is 0 Å². The number of nitrogens with one attached hydrogen (secondary N) is 1. The zero-order chi connectivity index (χ0) is 25.9. The van der Waals surface area contributed by atoms with E-state index in [1.54, 1.807) is 67.4 Å². The standard InChI is InChI=1S/C27H28FN3O4S/c1-3-29-25-19(2)7-6-10-24(25)36(34,35)30-21-13-11-20(12-14-21)26(32)31-17-15-27(33,16-18-31)22-8-4-5-9-23(22)28/h3-14,30,33H,15-18H2,1-2H3. The van der Waals surface area contributed by atoms with Gasteiger partial charge in [0.05, 0.1) is 11.3 Å². The number of carbonyl (C=O) groups is 1. The maximum absolute atomic E-state index is 14.2. The third-order valence-corrected chi connectivity index (χ3v) is 7.80. The lowest BCUT2D eigenvalue weighted by molar-refractivity contribution is -0.0235. The van der Waals surface area contributed by atoms with E-state index in [2.05, 4.69) is 9.71 Å². The first-order chi connectivity index (χ1) is 17.1. The number of carbonyl (C=O) groups excluding carboxylic acids is 1. The van der Waals surface area contributed by atoms with Crippen LogP contribution in [-0.4, -0.2) is 43.6 Å². The molecule has 0 saturated carbocycles. The maximum Gasteiger partial charge on any atom is 0.264 e. The first kappa shape index (κ1) is 25.5. The molecule has 1 fully saturated rings. The lowest BCUT2D eigenvalue weighted by Crippen LogP contribution is -2.45. The average Bonchev–Trinajstić information content (AvgIpc) is 2.86. The molecule has 1 aliphatic heterocycles. The molecule has 1 saturated heterocycles. The fourth-order valence-electron chi connectivity index (χ4n) is 4.40. The zero-order valence-corrected chi connectivity index (χ0v) is 20.9. The summed E-state index contributed by atoms with van der Waals surface area (Å²) in [5, 5.41) is 11.0. The van der Waals surface area contributed by atoms with Crippen LogP contribution in [0.2, 0.25) is 0 Å². The summed E-state index contributed by atoms with van der Waals surface area (Å²) in [5.41, 5.74) is 0.740. The molecule has 1 aliphatic rings. The summed E-state index contributed by atoms with van der Waals surface area (Å²) in [6.45, 7) is 4.05. The Morgan fingerprint density at radius 2 is 1.72 bits per heavy atom. The van der Waals surface area contributed by atoms with E-state index in [9.17, 15) is 22.7 Å². The van der Waals surface area contributed by atoms with Gasteiger partial charge in [-0.15, -0.1) is 0 Å². The van der Waals surface area contributed by atoms with E-state index >= 15 is 0 Å². The Morgan fingerprint density at radius 1 is 1.06 bits per heavy atom. The van der Waals surface area contributed by atoms with Crippen LogP contribution in [0, 0.1) is 12.7 Å². The maximum atomic E-state index is 14.2. The number of para-hydroxylation sites is 1. The molecule has 4 rings (SSSR count). The molecule has 0 aromatic heterocycles. The van der Waals surface area contributed by atoms with Gasteiger partial charge in [-0.05, 0) is 68.7 Å². The molecule has 188 valence electrons. The number of aliphatic imine (C=N–C) groups is 1. The highest BCUT2D eigenvalue weighted by Crippen LogP contribution is 2.35. The summed E-state index contributed by atoms with van der Waals surface area (Å²) in [6.07, 6.45) is 1.98. The highest BCUT2D eigenvalue weighted by molar-refractivity contribution is 7.92. The molecule has 0 atom stereocenters. The second-order valence-electron chi connectivity index (χ2n) is 8.80. The Balaban J connectivity index is 1.45. The van der Waals surface area contributed by atoms with Crippen molar-refractivity contribution >= 4 is 33.5 Å². The summed E-state index contributed by atoms with van der Waals surface area (Å²) < 4.78 is 42.7. The van der Waals surface area contributed by atoms with Gasteiger partial charge >= 0.3 is 0 Å². The molecule has 7 nitrogen and oxygen atoms in total. The normalized spacial score (nSPS) is 15.7. The third-order valence-electron chi connectivity index (χ3n) is 6.39. The van der Waals surface area contributed by atoms with Gasteiger partial charge in [-0.3, -0.25) is 14.5 Å². The Kier molecular flexibility index (Phi) is 7.23. The molecule has 3 aromatic rings. The smallest absolute Gasteiger partial charge is 0.264 e. The number of likely N-dealkylation sites (tertiary alicyclic amines) is 1. The predicted molar refractivity (Wildman–Crippen MR) is 138 cm³/mol. The van der Waals surface area contributed by atoms with E-state index in [1.165, 1.54) is 24.3 Å². The van der Waals surface area contributed by atoms with Crippen molar-refractivity contribution in [3.63, 3.8) is 0 Å². The zero-order valence-electron chi connectivity index (χ0n) is 20.1. The van der Waals surface area contributed by atoms with Crippen LogP contribution in [0.25, 0.3) is 0 Å². The number of benzene rings is 3. The summed E-state index contributed by atoms with van der Waals surface area (Å²) in [4.78, 5) is 18.9. The van der Waals surface area contributed by atoms with Crippen molar-refractivity contribution < 1.29 is 22.7 Å². The molecule has 0 radical (unpaired) electrons. The molecule has 0 unspecified atom stereocenters. The van der Waals surface area contributed by atoms with Crippen LogP contribution in [0.3, 0.4) is 0 Å². The lowest BCUT2D eigenvalue weighted by atomic mass is 9.84. The topological polar surface area (TPSA) is 99.1 Å². The van der Waals surface area contributed by atoms with E-state index in [1.807, 2.05) is 0 Å². The highest BCUT2D eigenvalue weighted by Gasteiger charge is 2.37. The van der Waals surface area contributed by atoms with E-state index < -0.39 is 21.4 Å². The molecule has 2 N–H and O–H groups in total. The monoisotopic (exact) mass is 509 g/mol. The number of halogens is 1. The van der Waals surface area contributed by atoms with Gasteiger partial charge in [0.25, 0.3) is 15.9 Å². The van der Waals surface area contributed by atoms with Crippen molar-refractivity contribution in [2.45, 2.75) is 37.2 Å². The lowest BCUT2D eigenvalue weighted by Gasteiger charge is -2.38. The van der Waals surface area contributed by atoms with Crippen LogP contribution in [0.15, 0.2) is 76.6 Å². The predicted octanol–water partition coefficient (Wildman–Crippen LogP) is 4.78. The van der Waals surface area contributed by atoms with Crippen molar-refractivity contribution in [2.24, 2.45) is 4.99 Å². The number of aryl methyl sites for hydroxylation is 1. The molecular formula is C27H28FN3O4S. The van der Waals surface area contributed by atoms with E-state index in [-0.39, 0.29) is 42.3 Å². The summed E-state index contributed by atoms with van der Waals surface area (Å²) in [7, 11) is -3.90. The van der Waals surface area contributed by atoms with Gasteiger partial charge in [-0.1, -0.05) is 30.3 Å². The first-order valence-corrected chi connectivity index (χ1v) is 13.1. The van der Waals surface area contributed by atoms with Crippen LogP contribution in [0.5, 0.6) is 0 Å². The average molecular weight is 510 g/mol. The minimum absolute atomic E-state index is 0.0661. The van der Waals surface area contributed by atoms with E-state index in [0.29, 0.717) is 16.9 Å². The highest BCUT2D eigenvalue weighted by atomic mass is 32.2. The number of hydrogen-bond donors (Lipinski definition) is 2. The summed E-state index contributed by atoms with van der Waals surface area (Å²) >= 11 is 0. The molecule has 9 heteroatoms.